The van der Waals surface area contributed by atoms with Gasteiger partial charge < -0.3 is 4.42 Å². The van der Waals surface area contributed by atoms with Gasteiger partial charge in [-0.3, -0.25) is 11.3 Å². The first-order valence-electron chi connectivity index (χ1n) is 6.01. The molecule has 0 spiro atoms. The summed E-state index contributed by atoms with van der Waals surface area (Å²) in [6.07, 6.45) is 3.55. The monoisotopic (exact) mass is 308 g/mol. The summed E-state index contributed by atoms with van der Waals surface area (Å²) in [4.78, 5) is 0. The molecule has 1 aromatic carbocycles. The van der Waals surface area contributed by atoms with Crippen molar-refractivity contribution in [2.24, 2.45) is 5.84 Å². The highest BCUT2D eigenvalue weighted by Gasteiger charge is 2.15. The molecule has 2 aromatic rings. The van der Waals surface area contributed by atoms with E-state index < -0.39 is 0 Å². The molecule has 1 aromatic heterocycles. The Labute approximate surface area is 115 Å². The minimum atomic E-state index is 0.0469. The smallest absolute Gasteiger partial charge is 0.173 e. The molecule has 1 atom stereocenters. The molecule has 0 amide bonds. The fourth-order valence-electron chi connectivity index (χ4n) is 1.96. The number of nitrogens with two attached hydrogens (primary N) is 1. The topological polar surface area (TPSA) is 51.2 Å². The second kappa shape index (κ2) is 6.18. The molecule has 3 N–H and O–H groups in total. The first-order chi connectivity index (χ1) is 8.74. The van der Waals surface area contributed by atoms with Gasteiger partial charge in [-0.2, -0.15) is 0 Å². The van der Waals surface area contributed by atoms with Crippen LogP contribution >= 0.6 is 15.9 Å². The normalized spacial score (nSPS) is 12.6. The molecular weight excluding hydrogens is 292 g/mol. The van der Waals surface area contributed by atoms with Crippen LogP contribution < -0.4 is 11.3 Å². The Bertz CT molecular complexity index is 493. The second-order valence-electron chi connectivity index (χ2n) is 4.24. The average molecular weight is 309 g/mol. The second-order valence-corrected chi connectivity index (χ2v) is 4.96. The fraction of sp³-hybridized carbons (Fsp3) is 0.286. The Morgan fingerprint density at radius 2 is 1.89 bits per heavy atom. The molecule has 0 bridgehead atoms. The predicted octanol–water partition coefficient (Wildman–Crippen LogP) is 3.35. The Morgan fingerprint density at radius 3 is 2.39 bits per heavy atom. The van der Waals surface area contributed by atoms with Crippen molar-refractivity contribution in [2.45, 2.75) is 25.8 Å². The molecule has 0 saturated heterocycles. The number of benzene rings is 1. The van der Waals surface area contributed by atoms with Gasteiger partial charge in [0.05, 0.1) is 12.3 Å². The number of nitrogens with one attached hydrogen (secondary N) is 1. The van der Waals surface area contributed by atoms with Crippen molar-refractivity contribution in [3.8, 4) is 0 Å². The molecule has 1 unspecified atom stereocenters. The fourth-order valence-corrected chi connectivity index (χ4v) is 2.48. The third-order valence-corrected chi connectivity index (χ3v) is 3.74. The molecule has 1 heterocycles. The third kappa shape index (κ3) is 3.02. The van der Waals surface area contributed by atoms with Crippen molar-refractivity contribution in [1.29, 1.82) is 0 Å². The van der Waals surface area contributed by atoms with E-state index in [1.165, 1.54) is 11.1 Å². The number of hydrazine groups is 1. The molecule has 0 aliphatic rings. The summed E-state index contributed by atoms with van der Waals surface area (Å²) in [6.45, 7) is 2.15. The largest absolute Gasteiger partial charge is 0.457 e. The van der Waals surface area contributed by atoms with E-state index >= 15 is 0 Å². The van der Waals surface area contributed by atoms with E-state index in [4.69, 9.17) is 10.3 Å². The maximum absolute atomic E-state index is 5.62. The van der Waals surface area contributed by atoms with Crippen LogP contribution in [0.15, 0.2) is 45.7 Å². The van der Waals surface area contributed by atoms with Crippen LogP contribution in [0.5, 0.6) is 0 Å². The van der Waals surface area contributed by atoms with Gasteiger partial charge in [0, 0.05) is 5.56 Å². The summed E-state index contributed by atoms with van der Waals surface area (Å²) in [5.41, 5.74) is 6.47. The van der Waals surface area contributed by atoms with Gasteiger partial charge in [0.25, 0.3) is 0 Å². The average Bonchev–Trinajstić information content (AvgIpc) is 2.83. The van der Waals surface area contributed by atoms with Gasteiger partial charge in [-0.05, 0) is 46.0 Å². The van der Waals surface area contributed by atoms with Gasteiger partial charge in [-0.25, -0.2) is 0 Å². The van der Waals surface area contributed by atoms with Crippen molar-refractivity contribution < 1.29 is 4.42 Å². The van der Waals surface area contributed by atoms with Crippen molar-refractivity contribution in [1.82, 2.24) is 5.43 Å². The van der Waals surface area contributed by atoms with Crippen LogP contribution in [0, 0.1) is 0 Å². The van der Waals surface area contributed by atoms with Crippen LogP contribution in [0.25, 0.3) is 0 Å². The van der Waals surface area contributed by atoms with Crippen molar-refractivity contribution in [3.05, 3.63) is 58.0 Å². The van der Waals surface area contributed by atoms with Crippen LogP contribution in [0.1, 0.15) is 29.7 Å². The highest BCUT2D eigenvalue weighted by molar-refractivity contribution is 9.10. The zero-order valence-electron chi connectivity index (χ0n) is 10.3. The summed E-state index contributed by atoms with van der Waals surface area (Å²) >= 11 is 3.38. The Balaban J connectivity index is 2.13. The highest BCUT2D eigenvalue weighted by Crippen LogP contribution is 2.26. The quantitative estimate of drug-likeness (QED) is 0.658. The first-order valence-corrected chi connectivity index (χ1v) is 6.80. The van der Waals surface area contributed by atoms with E-state index in [1.54, 1.807) is 6.26 Å². The summed E-state index contributed by atoms with van der Waals surface area (Å²) < 4.78 is 5.97. The van der Waals surface area contributed by atoms with Gasteiger partial charge in [-0.1, -0.05) is 31.2 Å². The molecule has 0 saturated carbocycles. The highest BCUT2D eigenvalue weighted by atomic mass is 79.9. The number of hydrogen-bond donors (Lipinski definition) is 2. The van der Waals surface area contributed by atoms with E-state index in [-0.39, 0.29) is 6.04 Å². The number of aryl methyl sites for hydroxylation is 1. The Kier molecular flexibility index (Phi) is 4.58. The molecule has 2 rings (SSSR count). The van der Waals surface area contributed by atoms with Gasteiger partial charge in [0.1, 0.15) is 0 Å². The lowest BCUT2D eigenvalue weighted by Gasteiger charge is -2.15. The van der Waals surface area contributed by atoms with E-state index in [0.717, 1.165) is 23.1 Å². The van der Waals surface area contributed by atoms with E-state index in [0.29, 0.717) is 0 Å². The Hall–Kier alpha value is -1.10. The molecule has 0 radical (unpaired) electrons. The molecule has 0 aliphatic heterocycles. The number of halogens is 1. The lowest BCUT2D eigenvalue weighted by atomic mass is 10.0. The van der Waals surface area contributed by atoms with Crippen LogP contribution in [0.2, 0.25) is 0 Å². The summed E-state index contributed by atoms with van der Waals surface area (Å²) in [5.74, 6) is 5.62. The van der Waals surface area contributed by atoms with Crippen LogP contribution in [0.3, 0.4) is 0 Å². The van der Waals surface area contributed by atoms with Gasteiger partial charge in [0.2, 0.25) is 0 Å². The molecule has 0 aliphatic carbocycles. The zero-order valence-corrected chi connectivity index (χ0v) is 11.9. The molecular formula is C14H17BrN2O. The van der Waals surface area contributed by atoms with E-state index in [2.05, 4.69) is 52.5 Å². The molecule has 0 fully saturated rings. The first kappa shape index (κ1) is 13.3. The molecule has 3 nitrogen and oxygen atoms in total. The van der Waals surface area contributed by atoms with E-state index in [9.17, 15) is 0 Å². The van der Waals surface area contributed by atoms with Gasteiger partial charge in [-0.15, -0.1) is 0 Å². The zero-order chi connectivity index (χ0) is 13.0. The minimum Gasteiger partial charge on any atom is -0.457 e. The molecule has 4 heteroatoms. The summed E-state index contributed by atoms with van der Waals surface area (Å²) in [5, 5.41) is 0. The summed E-state index contributed by atoms with van der Waals surface area (Å²) in [7, 11) is 0. The number of rotatable bonds is 5. The molecule has 96 valence electrons. The van der Waals surface area contributed by atoms with Crippen LogP contribution in [0.4, 0.5) is 0 Å². The van der Waals surface area contributed by atoms with Crippen LogP contribution in [-0.4, -0.2) is 0 Å². The standard InChI is InChI=1S/C14H17BrN2O/c1-2-10-3-5-11(6-4-10)9-13(17-16)12-7-8-18-14(12)15/h3-8,13,17H,2,9,16H2,1H3. The van der Waals surface area contributed by atoms with Gasteiger partial charge >= 0.3 is 0 Å². The van der Waals surface area contributed by atoms with Crippen molar-refractivity contribution in [3.63, 3.8) is 0 Å². The lowest BCUT2D eigenvalue weighted by Crippen LogP contribution is -2.29. The minimum absolute atomic E-state index is 0.0469. The van der Waals surface area contributed by atoms with E-state index in [1.807, 2.05) is 6.07 Å². The summed E-state index contributed by atoms with van der Waals surface area (Å²) in [6, 6.07) is 10.6. The third-order valence-electron chi connectivity index (χ3n) is 3.09. The maximum atomic E-state index is 5.62. The van der Waals surface area contributed by atoms with Gasteiger partial charge in [0.15, 0.2) is 4.67 Å². The molecule has 18 heavy (non-hydrogen) atoms. The lowest BCUT2D eigenvalue weighted by molar-refractivity contribution is 0.507. The number of hydrogen-bond acceptors (Lipinski definition) is 3. The Morgan fingerprint density at radius 1 is 1.22 bits per heavy atom. The van der Waals surface area contributed by atoms with Crippen LogP contribution in [-0.2, 0) is 12.8 Å². The van der Waals surface area contributed by atoms with Crippen molar-refractivity contribution >= 4 is 15.9 Å². The predicted molar refractivity (Wildman–Crippen MR) is 76.0 cm³/mol. The maximum Gasteiger partial charge on any atom is 0.173 e. The number of furan rings is 1. The SMILES string of the molecule is CCc1ccc(CC(NN)c2ccoc2Br)cc1. The van der Waals surface area contributed by atoms with Crippen molar-refractivity contribution in [2.75, 3.05) is 0 Å².